The lowest BCUT2D eigenvalue weighted by Crippen LogP contribution is -2.35. The molecule has 1 unspecified atom stereocenters. The molecule has 0 fully saturated rings. The maximum Gasteiger partial charge on any atom is 0.272 e. The number of carbonyl (C=O) groups excluding carboxylic acids is 1. The standard InChI is InChI=1S/C21H25N3O3.ClH/c1-14(2)22-12-17(25)13-27-18-9-7-16(8-10-18)23-21(26)20-11-15-5-3-4-6-19(15)24-20;/h3-11,14,17,22,24-25H,12-13H2,1-2H3,(H,23,26);1H. The van der Waals surface area contributed by atoms with Crippen LogP contribution in [0.5, 0.6) is 5.75 Å². The van der Waals surface area contributed by atoms with Gasteiger partial charge in [-0.25, -0.2) is 0 Å². The Labute approximate surface area is 170 Å². The molecule has 2 aromatic carbocycles. The molecule has 3 aromatic rings. The lowest BCUT2D eigenvalue weighted by atomic mass is 10.2. The zero-order valence-corrected chi connectivity index (χ0v) is 16.8. The van der Waals surface area contributed by atoms with E-state index in [1.165, 1.54) is 0 Å². The van der Waals surface area contributed by atoms with Gasteiger partial charge in [-0.3, -0.25) is 4.79 Å². The molecule has 0 spiro atoms. The summed E-state index contributed by atoms with van der Waals surface area (Å²) in [5.74, 6) is 0.442. The number of aliphatic hydroxyl groups excluding tert-OH is 1. The molecule has 0 aliphatic rings. The Hall–Kier alpha value is -2.54. The van der Waals surface area contributed by atoms with Gasteiger partial charge in [-0.1, -0.05) is 32.0 Å². The van der Waals surface area contributed by atoms with Crippen molar-refractivity contribution in [2.24, 2.45) is 0 Å². The predicted octanol–water partition coefficient (Wildman–Crippen LogP) is 3.58. The van der Waals surface area contributed by atoms with E-state index in [4.69, 9.17) is 4.74 Å². The van der Waals surface area contributed by atoms with E-state index < -0.39 is 6.10 Å². The maximum absolute atomic E-state index is 12.4. The number of nitrogens with one attached hydrogen (secondary N) is 3. The smallest absolute Gasteiger partial charge is 0.272 e. The van der Waals surface area contributed by atoms with Crippen LogP contribution in [0.2, 0.25) is 0 Å². The largest absolute Gasteiger partial charge is 0.491 e. The number of anilines is 1. The van der Waals surface area contributed by atoms with Crippen LogP contribution in [0.25, 0.3) is 10.9 Å². The topological polar surface area (TPSA) is 86.4 Å². The summed E-state index contributed by atoms with van der Waals surface area (Å²) >= 11 is 0. The van der Waals surface area contributed by atoms with Crippen molar-refractivity contribution < 1.29 is 14.6 Å². The Balaban J connectivity index is 0.00000280. The van der Waals surface area contributed by atoms with Crippen LogP contribution in [0.1, 0.15) is 24.3 Å². The molecule has 1 heterocycles. The molecule has 4 N–H and O–H groups in total. The van der Waals surface area contributed by atoms with E-state index in [1.807, 2.05) is 44.2 Å². The van der Waals surface area contributed by atoms with E-state index in [0.717, 1.165) is 10.9 Å². The molecule has 150 valence electrons. The molecule has 7 heteroatoms. The first-order valence-electron chi connectivity index (χ1n) is 9.04. The maximum atomic E-state index is 12.4. The molecular weight excluding hydrogens is 378 g/mol. The number of amides is 1. The van der Waals surface area contributed by atoms with Crippen molar-refractivity contribution in [3.63, 3.8) is 0 Å². The third kappa shape index (κ3) is 5.99. The highest BCUT2D eigenvalue weighted by Crippen LogP contribution is 2.18. The summed E-state index contributed by atoms with van der Waals surface area (Å²) in [6.07, 6.45) is -0.575. The zero-order chi connectivity index (χ0) is 19.2. The Morgan fingerprint density at radius 3 is 2.54 bits per heavy atom. The van der Waals surface area contributed by atoms with Crippen LogP contribution >= 0.6 is 12.4 Å². The molecule has 6 nitrogen and oxygen atoms in total. The fourth-order valence-electron chi connectivity index (χ4n) is 2.65. The molecule has 0 saturated heterocycles. The summed E-state index contributed by atoms with van der Waals surface area (Å²) in [5, 5.41) is 16.9. The van der Waals surface area contributed by atoms with Gasteiger partial charge in [-0.2, -0.15) is 0 Å². The number of para-hydroxylation sites is 1. The number of hydrogen-bond donors (Lipinski definition) is 4. The normalized spacial score (nSPS) is 11.9. The molecule has 0 bridgehead atoms. The van der Waals surface area contributed by atoms with Gasteiger partial charge < -0.3 is 25.5 Å². The molecule has 0 radical (unpaired) electrons. The van der Waals surface area contributed by atoms with Gasteiger partial charge in [0.1, 0.15) is 24.2 Å². The van der Waals surface area contributed by atoms with E-state index in [0.29, 0.717) is 29.7 Å². The van der Waals surface area contributed by atoms with Crippen molar-refractivity contribution >= 4 is 34.9 Å². The van der Waals surface area contributed by atoms with Gasteiger partial charge in [-0.05, 0) is 36.4 Å². The van der Waals surface area contributed by atoms with Gasteiger partial charge in [0, 0.05) is 29.2 Å². The van der Waals surface area contributed by atoms with Gasteiger partial charge in [0.15, 0.2) is 0 Å². The van der Waals surface area contributed by atoms with Crippen LogP contribution in [0, 0.1) is 0 Å². The third-order valence-electron chi connectivity index (χ3n) is 4.09. The van der Waals surface area contributed by atoms with Crippen molar-refractivity contribution in [1.82, 2.24) is 10.3 Å². The number of ether oxygens (including phenoxy) is 1. The number of hydrogen-bond acceptors (Lipinski definition) is 4. The molecule has 0 aliphatic carbocycles. The van der Waals surface area contributed by atoms with E-state index >= 15 is 0 Å². The van der Waals surface area contributed by atoms with Gasteiger partial charge >= 0.3 is 0 Å². The first kappa shape index (κ1) is 21.8. The monoisotopic (exact) mass is 403 g/mol. The number of rotatable bonds is 8. The van der Waals surface area contributed by atoms with Crippen molar-refractivity contribution in [3.8, 4) is 5.75 Å². The molecule has 1 aromatic heterocycles. The Kier molecular flexibility index (Phi) is 7.87. The van der Waals surface area contributed by atoms with E-state index in [2.05, 4.69) is 15.6 Å². The van der Waals surface area contributed by atoms with Crippen LogP contribution < -0.4 is 15.4 Å². The molecular formula is C21H26ClN3O3. The summed E-state index contributed by atoms with van der Waals surface area (Å²) in [5.41, 5.74) is 2.11. The van der Waals surface area contributed by atoms with Crippen molar-refractivity contribution in [3.05, 3.63) is 60.3 Å². The molecule has 0 aliphatic heterocycles. The fourth-order valence-corrected chi connectivity index (χ4v) is 2.65. The number of aliphatic hydroxyl groups is 1. The minimum atomic E-state index is -0.575. The van der Waals surface area contributed by atoms with E-state index in [-0.39, 0.29) is 24.9 Å². The van der Waals surface area contributed by atoms with Crippen LogP contribution in [0.3, 0.4) is 0 Å². The fraction of sp³-hybridized carbons (Fsp3) is 0.286. The third-order valence-corrected chi connectivity index (χ3v) is 4.09. The van der Waals surface area contributed by atoms with Gasteiger partial charge in [0.25, 0.3) is 5.91 Å². The second kappa shape index (κ2) is 10.1. The SMILES string of the molecule is CC(C)NCC(O)COc1ccc(NC(=O)c2cc3ccccc3[nH]2)cc1.Cl. The van der Waals surface area contributed by atoms with Crippen molar-refractivity contribution in [2.45, 2.75) is 26.0 Å². The number of aromatic nitrogens is 1. The Morgan fingerprint density at radius 1 is 1.14 bits per heavy atom. The van der Waals surface area contributed by atoms with Crippen LogP contribution in [-0.2, 0) is 0 Å². The number of H-pyrrole nitrogens is 1. The minimum absolute atomic E-state index is 0. The van der Waals surface area contributed by atoms with Crippen LogP contribution in [0.4, 0.5) is 5.69 Å². The second-order valence-corrected chi connectivity index (χ2v) is 6.78. The van der Waals surface area contributed by atoms with Gasteiger partial charge in [0.2, 0.25) is 0 Å². The minimum Gasteiger partial charge on any atom is -0.491 e. The highest BCUT2D eigenvalue weighted by molar-refractivity contribution is 6.05. The summed E-state index contributed by atoms with van der Waals surface area (Å²) < 4.78 is 5.58. The van der Waals surface area contributed by atoms with E-state index in [9.17, 15) is 9.90 Å². The lowest BCUT2D eigenvalue weighted by molar-refractivity contribution is 0.102. The number of carbonyl (C=O) groups is 1. The molecule has 0 saturated carbocycles. The molecule has 28 heavy (non-hydrogen) atoms. The van der Waals surface area contributed by atoms with E-state index in [1.54, 1.807) is 24.3 Å². The van der Waals surface area contributed by atoms with Crippen LogP contribution in [0.15, 0.2) is 54.6 Å². The van der Waals surface area contributed by atoms with Crippen LogP contribution in [-0.4, -0.2) is 41.3 Å². The first-order valence-corrected chi connectivity index (χ1v) is 9.04. The summed E-state index contributed by atoms with van der Waals surface area (Å²) in [7, 11) is 0. The molecule has 3 rings (SSSR count). The Bertz CT molecular complexity index is 860. The number of aromatic amines is 1. The highest BCUT2D eigenvalue weighted by atomic mass is 35.5. The van der Waals surface area contributed by atoms with Crippen molar-refractivity contribution in [2.75, 3.05) is 18.5 Å². The lowest BCUT2D eigenvalue weighted by Gasteiger charge is -2.15. The first-order chi connectivity index (χ1) is 13.0. The van der Waals surface area contributed by atoms with Crippen molar-refractivity contribution in [1.29, 1.82) is 0 Å². The summed E-state index contributed by atoms with van der Waals surface area (Å²) in [6, 6.07) is 17.0. The zero-order valence-electron chi connectivity index (χ0n) is 15.9. The highest BCUT2D eigenvalue weighted by Gasteiger charge is 2.10. The number of benzene rings is 2. The summed E-state index contributed by atoms with van der Waals surface area (Å²) in [4.78, 5) is 15.5. The summed E-state index contributed by atoms with van der Waals surface area (Å²) in [6.45, 7) is 4.74. The average molecular weight is 404 g/mol. The van der Waals surface area contributed by atoms with Gasteiger partial charge in [0.05, 0.1) is 0 Å². The quantitative estimate of drug-likeness (QED) is 0.463. The second-order valence-electron chi connectivity index (χ2n) is 6.78. The molecule has 1 amide bonds. The molecule has 1 atom stereocenters. The number of halogens is 1. The average Bonchev–Trinajstić information content (AvgIpc) is 3.10. The predicted molar refractivity (Wildman–Crippen MR) is 115 cm³/mol. The van der Waals surface area contributed by atoms with Gasteiger partial charge in [-0.15, -0.1) is 12.4 Å². The Morgan fingerprint density at radius 2 is 1.86 bits per heavy atom. The number of fused-ring (bicyclic) bond motifs is 1.